The van der Waals surface area contributed by atoms with Crippen LogP contribution in [0.4, 0.5) is 0 Å². The number of hydrogen-bond donors (Lipinski definition) is 1. The van der Waals surface area contributed by atoms with Crippen LogP contribution in [0.25, 0.3) is 0 Å². The van der Waals surface area contributed by atoms with Crippen molar-refractivity contribution in [3.05, 3.63) is 23.8 Å². The van der Waals surface area contributed by atoms with Gasteiger partial charge in [0.2, 0.25) is 11.8 Å². The molecule has 0 aliphatic carbocycles. The Labute approximate surface area is 131 Å². The zero-order valence-corrected chi connectivity index (χ0v) is 13.6. The van der Waals surface area contributed by atoms with Gasteiger partial charge in [-0.3, -0.25) is 9.59 Å². The third-order valence-corrected chi connectivity index (χ3v) is 3.27. The molecule has 0 unspecified atom stereocenters. The molecule has 22 heavy (non-hydrogen) atoms. The van der Waals surface area contributed by atoms with Crippen molar-refractivity contribution in [2.24, 2.45) is 0 Å². The van der Waals surface area contributed by atoms with E-state index in [0.717, 1.165) is 5.56 Å². The first-order valence-electron chi connectivity index (χ1n) is 7.31. The number of hydrogen-bond acceptors (Lipinski definition) is 4. The van der Waals surface area contributed by atoms with Gasteiger partial charge in [0.05, 0.1) is 27.2 Å². The van der Waals surface area contributed by atoms with Crippen LogP contribution in [0, 0.1) is 0 Å². The van der Waals surface area contributed by atoms with E-state index in [1.807, 2.05) is 13.8 Å². The zero-order chi connectivity index (χ0) is 16.5. The lowest BCUT2D eigenvalue weighted by atomic mass is 10.1. The highest BCUT2D eigenvalue weighted by Gasteiger charge is 2.18. The van der Waals surface area contributed by atoms with E-state index >= 15 is 0 Å². The van der Waals surface area contributed by atoms with Crippen LogP contribution >= 0.6 is 0 Å². The maximum atomic E-state index is 12.4. The molecule has 1 aromatic carbocycles. The highest BCUT2D eigenvalue weighted by molar-refractivity contribution is 5.86. The molecule has 1 N–H and O–H groups in total. The number of nitrogens with one attached hydrogen (secondary N) is 1. The van der Waals surface area contributed by atoms with Crippen molar-refractivity contribution in [3.63, 3.8) is 0 Å². The van der Waals surface area contributed by atoms with Crippen LogP contribution in [0.15, 0.2) is 18.2 Å². The predicted octanol–water partition coefficient (Wildman–Crippen LogP) is 1.23. The summed E-state index contributed by atoms with van der Waals surface area (Å²) in [6.07, 6.45) is 0.160. The summed E-state index contributed by atoms with van der Waals surface area (Å²) in [7, 11) is 3.13. The van der Waals surface area contributed by atoms with Gasteiger partial charge in [-0.1, -0.05) is 0 Å². The van der Waals surface area contributed by atoms with Gasteiger partial charge in [0, 0.05) is 18.7 Å². The van der Waals surface area contributed by atoms with Crippen LogP contribution < -0.4 is 14.8 Å². The van der Waals surface area contributed by atoms with E-state index in [1.165, 1.54) is 4.90 Å². The predicted molar refractivity (Wildman–Crippen MR) is 84.2 cm³/mol. The number of nitrogens with zero attached hydrogens (tertiary/aromatic N) is 1. The summed E-state index contributed by atoms with van der Waals surface area (Å²) in [6.45, 7) is 4.78. The van der Waals surface area contributed by atoms with Crippen molar-refractivity contribution in [1.82, 2.24) is 10.2 Å². The van der Waals surface area contributed by atoms with E-state index in [9.17, 15) is 9.59 Å². The van der Waals surface area contributed by atoms with E-state index in [-0.39, 0.29) is 24.8 Å². The summed E-state index contributed by atoms with van der Waals surface area (Å²) in [6, 6.07) is 5.32. The van der Waals surface area contributed by atoms with Crippen molar-refractivity contribution in [3.8, 4) is 11.5 Å². The van der Waals surface area contributed by atoms with Gasteiger partial charge in [0.1, 0.15) is 11.5 Å². The fraction of sp³-hybridized carbons (Fsp3) is 0.500. The number of methoxy groups -OCH3 is 2. The second kappa shape index (κ2) is 8.92. The average Bonchev–Trinajstić information content (AvgIpc) is 2.52. The number of carbonyl (C=O) groups excluding carboxylic acids is 2. The van der Waals surface area contributed by atoms with Gasteiger partial charge in [-0.05, 0) is 32.0 Å². The Bertz CT molecular complexity index is 517. The van der Waals surface area contributed by atoms with E-state index in [4.69, 9.17) is 9.47 Å². The molecule has 6 heteroatoms. The lowest BCUT2D eigenvalue weighted by Gasteiger charge is -2.21. The number of benzene rings is 1. The first-order chi connectivity index (χ1) is 10.5. The Morgan fingerprint density at radius 2 is 1.91 bits per heavy atom. The van der Waals surface area contributed by atoms with Gasteiger partial charge >= 0.3 is 0 Å². The van der Waals surface area contributed by atoms with Gasteiger partial charge in [0.15, 0.2) is 0 Å². The number of rotatable bonds is 8. The molecule has 2 amide bonds. The molecular weight excluding hydrogens is 284 g/mol. The van der Waals surface area contributed by atoms with Gasteiger partial charge < -0.3 is 19.7 Å². The lowest BCUT2D eigenvalue weighted by molar-refractivity contribution is -0.135. The fourth-order valence-corrected chi connectivity index (χ4v) is 2.10. The SMILES string of the molecule is CCNC(=O)CN(CC)C(=O)Cc1cc(OC)ccc1OC. The molecule has 0 aromatic heterocycles. The Hall–Kier alpha value is -2.24. The van der Waals surface area contributed by atoms with Crippen molar-refractivity contribution in [2.45, 2.75) is 20.3 Å². The summed E-state index contributed by atoms with van der Waals surface area (Å²) >= 11 is 0. The second-order valence-corrected chi connectivity index (χ2v) is 4.72. The van der Waals surface area contributed by atoms with Crippen LogP contribution in [0.3, 0.4) is 0 Å². The molecule has 122 valence electrons. The third-order valence-electron chi connectivity index (χ3n) is 3.27. The van der Waals surface area contributed by atoms with E-state index in [0.29, 0.717) is 24.6 Å². The minimum Gasteiger partial charge on any atom is -0.497 e. The quantitative estimate of drug-likeness (QED) is 0.784. The summed E-state index contributed by atoms with van der Waals surface area (Å²) in [5, 5.41) is 2.69. The summed E-state index contributed by atoms with van der Waals surface area (Å²) < 4.78 is 10.4. The van der Waals surface area contributed by atoms with Crippen LogP contribution in [-0.2, 0) is 16.0 Å². The summed E-state index contributed by atoms with van der Waals surface area (Å²) in [5.41, 5.74) is 0.737. The van der Waals surface area contributed by atoms with Crippen LogP contribution in [0.2, 0.25) is 0 Å². The van der Waals surface area contributed by atoms with Crippen LogP contribution in [0.5, 0.6) is 11.5 Å². The zero-order valence-electron chi connectivity index (χ0n) is 13.6. The van der Waals surface area contributed by atoms with Crippen molar-refractivity contribution in [2.75, 3.05) is 33.9 Å². The molecule has 1 aromatic rings. The summed E-state index contributed by atoms with van der Waals surface area (Å²) in [5.74, 6) is 1.01. The molecular formula is C16H24N2O4. The van der Waals surface area contributed by atoms with Gasteiger partial charge in [0.25, 0.3) is 0 Å². The Morgan fingerprint density at radius 3 is 2.45 bits per heavy atom. The highest BCUT2D eigenvalue weighted by atomic mass is 16.5. The maximum Gasteiger partial charge on any atom is 0.239 e. The normalized spacial score (nSPS) is 10.0. The molecule has 0 radical (unpaired) electrons. The van der Waals surface area contributed by atoms with Gasteiger partial charge in [-0.25, -0.2) is 0 Å². The lowest BCUT2D eigenvalue weighted by Crippen LogP contribution is -2.41. The molecule has 1 rings (SSSR count). The van der Waals surface area contributed by atoms with Gasteiger partial charge in [-0.2, -0.15) is 0 Å². The summed E-state index contributed by atoms with van der Waals surface area (Å²) in [4.78, 5) is 25.6. The number of amides is 2. The molecule has 0 saturated carbocycles. The van der Waals surface area contributed by atoms with E-state index in [2.05, 4.69) is 5.32 Å². The molecule has 0 saturated heterocycles. The third kappa shape index (κ3) is 4.95. The molecule has 0 bridgehead atoms. The first-order valence-corrected chi connectivity index (χ1v) is 7.31. The first kappa shape index (κ1) is 17.8. The Kier molecular flexibility index (Phi) is 7.22. The monoisotopic (exact) mass is 308 g/mol. The smallest absolute Gasteiger partial charge is 0.239 e. The molecule has 0 spiro atoms. The van der Waals surface area contributed by atoms with Gasteiger partial charge in [-0.15, -0.1) is 0 Å². The molecule has 0 heterocycles. The molecule has 0 atom stereocenters. The van der Waals surface area contributed by atoms with Crippen LogP contribution in [0.1, 0.15) is 19.4 Å². The maximum absolute atomic E-state index is 12.4. The second-order valence-electron chi connectivity index (χ2n) is 4.72. The van der Waals surface area contributed by atoms with Crippen LogP contribution in [-0.4, -0.2) is 50.6 Å². The highest BCUT2D eigenvalue weighted by Crippen LogP contribution is 2.24. The topological polar surface area (TPSA) is 67.9 Å². The van der Waals surface area contributed by atoms with Crippen molar-refractivity contribution < 1.29 is 19.1 Å². The molecule has 6 nitrogen and oxygen atoms in total. The molecule has 0 aliphatic rings. The Morgan fingerprint density at radius 1 is 1.18 bits per heavy atom. The number of carbonyl (C=O) groups is 2. The van der Waals surface area contributed by atoms with E-state index in [1.54, 1.807) is 32.4 Å². The average molecular weight is 308 g/mol. The minimum atomic E-state index is -0.157. The number of likely N-dealkylation sites (N-methyl/N-ethyl adjacent to an activating group) is 2. The van der Waals surface area contributed by atoms with Crippen molar-refractivity contribution >= 4 is 11.8 Å². The number of ether oxygens (including phenoxy) is 2. The van der Waals surface area contributed by atoms with Crippen molar-refractivity contribution in [1.29, 1.82) is 0 Å². The molecule has 0 aliphatic heterocycles. The fourth-order valence-electron chi connectivity index (χ4n) is 2.10. The minimum absolute atomic E-state index is 0.0649. The standard InChI is InChI=1S/C16H24N2O4/c1-5-17-15(19)11-18(6-2)16(20)10-12-9-13(21-3)7-8-14(12)22-4/h7-9H,5-6,10-11H2,1-4H3,(H,17,19). The molecule has 0 fully saturated rings. The van der Waals surface area contributed by atoms with E-state index < -0.39 is 0 Å². The largest absolute Gasteiger partial charge is 0.497 e. The Balaban J connectivity index is 2.83.